The van der Waals surface area contributed by atoms with Crippen molar-refractivity contribution in [1.82, 2.24) is 4.90 Å². The third-order valence-electron chi connectivity index (χ3n) is 2.33. The van der Waals surface area contributed by atoms with Gasteiger partial charge in [-0.05, 0) is 25.0 Å². The zero-order valence-corrected chi connectivity index (χ0v) is 8.73. The first-order valence-corrected chi connectivity index (χ1v) is 4.77. The molecule has 0 unspecified atom stereocenters. The number of aliphatic hydroxyl groups is 2. The molecule has 1 aliphatic heterocycles. The number of piperidine rings is 1. The van der Waals surface area contributed by atoms with Crippen LogP contribution in [0.2, 0.25) is 0 Å². The number of aliphatic hydroxyl groups excluding tert-OH is 2. The number of carbonyl (C=O) groups is 1. The quantitative estimate of drug-likeness (QED) is 0.413. The molecule has 1 heterocycles. The first kappa shape index (κ1) is 11.4. The van der Waals surface area contributed by atoms with Gasteiger partial charge in [0.15, 0.2) is 11.5 Å². The first-order chi connectivity index (χ1) is 7.06. The lowest BCUT2D eigenvalue weighted by atomic mass is 10.0. The largest absolute Gasteiger partial charge is 0.504 e. The standard InChI is InChI=1S/C11H15NO3/c1-3-9(13)10(14)7-8-5-4-6-12(2)11(8)15/h3,7,13-14H,1,4-6H2,2H3/b8-7+,10-9-. The van der Waals surface area contributed by atoms with Crippen LogP contribution < -0.4 is 0 Å². The summed E-state index contributed by atoms with van der Waals surface area (Å²) in [5.74, 6) is -0.739. The molecule has 0 saturated carbocycles. The molecule has 1 aliphatic rings. The van der Waals surface area contributed by atoms with Crippen LogP contribution in [0.25, 0.3) is 0 Å². The molecule has 0 aliphatic carbocycles. The first-order valence-electron chi connectivity index (χ1n) is 4.77. The lowest BCUT2D eigenvalue weighted by Crippen LogP contribution is -2.33. The van der Waals surface area contributed by atoms with Crippen LogP contribution >= 0.6 is 0 Å². The van der Waals surface area contributed by atoms with Gasteiger partial charge in [0.1, 0.15) is 0 Å². The fourth-order valence-electron chi connectivity index (χ4n) is 1.44. The maximum Gasteiger partial charge on any atom is 0.249 e. The molecule has 4 heteroatoms. The minimum Gasteiger partial charge on any atom is -0.504 e. The number of carbonyl (C=O) groups excluding carboxylic acids is 1. The Bertz CT molecular complexity index is 342. The number of nitrogens with zero attached hydrogens (tertiary/aromatic N) is 1. The van der Waals surface area contributed by atoms with Crippen molar-refractivity contribution in [2.24, 2.45) is 0 Å². The molecule has 0 spiro atoms. The highest BCUT2D eigenvalue weighted by Crippen LogP contribution is 2.17. The predicted octanol–water partition coefficient (Wildman–Crippen LogP) is 1.68. The zero-order valence-electron chi connectivity index (χ0n) is 8.73. The van der Waals surface area contributed by atoms with E-state index in [9.17, 15) is 9.90 Å². The van der Waals surface area contributed by atoms with Gasteiger partial charge in [-0.3, -0.25) is 4.79 Å². The number of allylic oxidation sites excluding steroid dienone is 2. The van der Waals surface area contributed by atoms with Crippen LogP contribution in [-0.2, 0) is 4.79 Å². The highest BCUT2D eigenvalue weighted by Gasteiger charge is 2.20. The molecule has 0 aromatic rings. The monoisotopic (exact) mass is 209 g/mol. The topological polar surface area (TPSA) is 60.8 Å². The second kappa shape index (κ2) is 4.68. The summed E-state index contributed by atoms with van der Waals surface area (Å²) in [6, 6.07) is 0. The summed E-state index contributed by atoms with van der Waals surface area (Å²) in [6.45, 7) is 4.05. The number of likely N-dealkylation sites (N-methyl/N-ethyl adjacent to an activating group) is 1. The summed E-state index contributed by atoms with van der Waals surface area (Å²) in [5, 5.41) is 18.5. The summed E-state index contributed by atoms with van der Waals surface area (Å²) in [5.41, 5.74) is 0.509. The lowest BCUT2D eigenvalue weighted by molar-refractivity contribution is -0.127. The van der Waals surface area contributed by atoms with E-state index in [1.54, 1.807) is 11.9 Å². The molecule has 0 bridgehead atoms. The molecule has 82 valence electrons. The molecule has 15 heavy (non-hydrogen) atoms. The molecular formula is C11H15NO3. The van der Waals surface area contributed by atoms with E-state index >= 15 is 0 Å². The van der Waals surface area contributed by atoms with Crippen LogP contribution in [0.4, 0.5) is 0 Å². The fraction of sp³-hybridized carbons (Fsp3) is 0.364. The van der Waals surface area contributed by atoms with Crippen molar-refractivity contribution in [1.29, 1.82) is 0 Å². The van der Waals surface area contributed by atoms with Gasteiger partial charge in [0.05, 0.1) is 0 Å². The van der Waals surface area contributed by atoms with Crippen LogP contribution in [0.15, 0.2) is 35.8 Å². The summed E-state index contributed by atoms with van der Waals surface area (Å²) in [4.78, 5) is 13.2. The van der Waals surface area contributed by atoms with Crippen molar-refractivity contribution in [3.63, 3.8) is 0 Å². The molecule has 1 fully saturated rings. The molecule has 0 aromatic heterocycles. The lowest BCUT2D eigenvalue weighted by Gasteiger charge is -2.24. The Morgan fingerprint density at radius 2 is 2.13 bits per heavy atom. The molecule has 2 N–H and O–H groups in total. The Balaban J connectivity index is 2.92. The third kappa shape index (κ3) is 2.62. The van der Waals surface area contributed by atoms with E-state index in [0.29, 0.717) is 12.0 Å². The second-order valence-corrected chi connectivity index (χ2v) is 3.47. The Kier molecular flexibility index (Phi) is 3.55. The minimum absolute atomic E-state index is 0.107. The van der Waals surface area contributed by atoms with E-state index in [2.05, 4.69) is 6.58 Å². The Morgan fingerprint density at radius 1 is 1.47 bits per heavy atom. The average molecular weight is 209 g/mol. The Hall–Kier alpha value is -1.71. The van der Waals surface area contributed by atoms with Gasteiger partial charge in [-0.15, -0.1) is 0 Å². The van der Waals surface area contributed by atoms with Gasteiger partial charge >= 0.3 is 0 Å². The Labute approximate surface area is 88.8 Å². The molecular weight excluding hydrogens is 194 g/mol. The van der Waals surface area contributed by atoms with Crippen molar-refractivity contribution in [3.8, 4) is 0 Å². The fourth-order valence-corrected chi connectivity index (χ4v) is 1.44. The minimum atomic E-state index is -0.316. The smallest absolute Gasteiger partial charge is 0.249 e. The maximum atomic E-state index is 11.6. The molecule has 4 nitrogen and oxygen atoms in total. The van der Waals surface area contributed by atoms with Gasteiger partial charge in [-0.1, -0.05) is 6.58 Å². The van der Waals surface area contributed by atoms with Crippen LogP contribution in [-0.4, -0.2) is 34.6 Å². The third-order valence-corrected chi connectivity index (χ3v) is 2.33. The number of hydrogen-bond acceptors (Lipinski definition) is 3. The summed E-state index contributed by atoms with van der Waals surface area (Å²) >= 11 is 0. The highest BCUT2D eigenvalue weighted by atomic mass is 16.3. The number of rotatable bonds is 2. The SMILES string of the molecule is C=C/C(O)=C(O)\C=C1/CCCN(C)C1=O. The van der Waals surface area contributed by atoms with Gasteiger partial charge in [0.2, 0.25) is 5.91 Å². The highest BCUT2D eigenvalue weighted by molar-refractivity contribution is 5.94. The molecule has 0 atom stereocenters. The molecule has 1 amide bonds. The summed E-state index contributed by atoms with van der Waals surface area (Å²) < 4.78 is 0. The molecule has 0 aromatic carbocycles. The van der Waals surface area contributed by atoms with Gasteiger partial charge in [-0.2, -0.15) is 0 Å². The van der Waals surface area contributed by atoms with E-state index < -0.39 is 0 Å². The normalized spacial score (nSPS) is 21.5. The Morgan fingerprint density at radius 3 is 2.73 bits per heavy atom. The van der Waals surface area contributed by atoms with Gasteiger partial charge in [0.25, 0.3) is 0 Å². The van der Waals surface area contributed by atoms with Crippen LogP contribution in [0, 0.1) is 0 Å². The van der Waals surface area contributed by atoms with Crippen LogP contribution in [0.1, 0.15) is 12.8 Å². The van der Waals surface area contributed by atoms with Crippen LogP contribution in [0.5, 0.6) is 0 Å². The molecule has 1 rings (SSSR count). The average Bonchev–Trinajstić information content (AvgIpc) is 2.23. The van der Waals surface area contributed by atoms with Crippen molar-refractivity contribution < 1.29 is 15.0 Å². The summed E-state index contributed by atoms with van der Waals surface area (Å²) in [7, 11) is 1.71. The number of amides is 1. The van der Waals surface area contributed by atoms with E-state index in [4.69, 9.17) is 5.11 Å². The number of hydrogen-bond donors (Lipinski definition) is 2. The van der Waals surface area contributed by atoms with Crippen molar-refractivity contribution in [2.45, 2.75) is 12.8 Å². The van der Waals surface area contributed by atoms with Crippen LogP contribution in [0.3, 0.4) is 0 Å². The zero-order chi connectivity index (χ0) is 11.4. The van der Waals surface area contributed by atoms with Crippen molar-refractivity contribution in [2.75, 3.05) is 13.6 Å². The number of likely N-dealkylation sites (tertiary alicyclic amines) is 1. The second-order valence-electron chi connectivity index (χ2n) is 3.47. The predicted molar refractivity (Wildman–Crippen MR) is 57.4 cm³/mol. The van der Waals surface area contributed by atoms with Gasteiger partial charge in [0, 0.05) is 19.2 Å². The van der Waals surface area contributed by atoms with E-state index in [0.717, 1.165) is 19.0 Å². The molecule has 1 saturated heterocycles. The summed E-state index contributed by atoms with van der Waals surface area (Å²) in [6.07, 6.45) is 3.92. The van der Waals surface area contributed by atoms with E-state index in [-0.39, 0.29) is 17.4 Å². The van der Waals surface area contributed by atoms with E-state index in [1.807, 2.05) is 0 Å². The van der Waals surface area contributed by atoms with E-state index in [1.165, 1.54) is 6.08 Å². The molecule has 0 radical (unpaired) electrons. The van der Waals surface area contributed by atoms with Crippen molar-refractivity contribution >= 4 is 5.91 Å². The van der Waals surface area contributed by atoms with Gasteiger partial charge in [-0.25, -0.2) is 0 Å². The maximum absolute atomic E-state index is 11.6. The van der Waals surface area contributed by atoms with Gasteiger partial charge < -0.3 is 15.1 Å². The van der Waals surface area contributed by atoms with Crippen molar-refractivity contribution in [3.05, 3.63) is 35.8 Å².